The summed E-state index contributed by atoms with van der Waals surface area (Å²) in [6.07, 6.45) is 4.15. The Morgan fingerprint density at radius 2 is 1.89 bits per heavy atom. The maximum absolute atomic E-state index is 14.8. The molecule has 184 valence electrons. The highest BCUT2D eigenvalue weighted by molar-refractivity contribution is 6.07. The van der Waals surface area contributed by atoms with E-state index >= 15 is 0 Å². The summed E-state index contributed by atoms with van der Waals surface area (Å²) >= 11 is 0. The van der Waals surface area contributed by atoms with Crippen molar-refractivity contribution in [1.29, 1.82) is 0 Å². The van der Waals surface area contributed by atoms with Crippen molar-refractivity contribution >= 4 is 23.6 Å². The van der Waals surface area contributed by atoms with Crippen LogP contribution in [0.5, 0.6) is 0 Å². The minimum atomic E-state index is -0.623. The number of hydrogen-bond donors (Lipinski definition) is 1. The molecule has 2 unspecified atom stereocenters. The summed E-state index contributed by atoms with van der Waals surface area (Å²) in [5.74, 6) is -1.12. The Balaban J connectivity index is 1.21. The van der Waals surface area contributed by atoms with Crippen LogP contribution < -0.4 is 10.2 Å². The third-order valence-electron chi connectivity index (χ3n) is 7.50. The van der Waals surface area contributed by atoms with Gasteiger partial charge in [0, 0.05) is 62.2 Å². The zero-order valence-corrected chi connectivity index (χ0v) is 19.6. The minimum Gasteiger partial charge on any atom is -0.353 e. The van der Waals surface area contributed by atoms with Gasteiger partial charge in [-0.3, -0.25) is 9.59 Å². The summed E-state index contributed by atoms with van der Waals surface area (Å²) in [4.78, 5) is 37.6. The standard InChI is InChI=1S/C27H25F2N5O2/c28-21-5-4-16(17-11-18-15-31-24(35)14-20-25(18)22(13-17)32-26(20)29)12-19(21)27(36)34-9-7-33(8-10-34)23-3-1-2-6-30-23/h1-6,12,14,17-18H,7-11,13,15H2,(H,31,35). The number of aromatic nitrogens is 1. The third-order valence-corrected chi connectivity index (χ3v) is 7.50. The molecular formula is C27H25F2N5O2. The molecule has 6 rings (SSSR count). The van der Waals surface area contributed by atoms with Crippen LogP contribution in [0.1, 0.15) is 34.7 Å². The Morgan fingerprint density at radius 3 is 2.67 bits per heavy atom. The molecule has 0 spiro atoms. The number of nitrogens with zero attached hydrogens (tertiary/aromatic N) is 4. The molecule has 9 heteroatoms. The van der Waals surface area contributed by atoms with Gasteiger partial charge in [0.1, 0.15) is 11.6 Å². The van der Waals surface area contributed by atoms with Gasteiger partial charge < -0.3 is 15.1 Å². The van der Waals surface area contributed by atoms with Crippen molar-refractivity contribution in [3.63, 3.8) is 0 Å². The molecule has 0 saturated carbocycles. The fourth-order valence-corrected chi connectivity index (χ4v) is 5.69. The van der Waals surface area contributed by atoms with Gasteiger partial charge in [-0.15, -0.1) is 0 Å². The van der Waals surface area contributed by atoms with Crippen LogP contribution in [0.15, 0.2) is 70.5 Å². The number of anilines is 1. The van der Waals surface area contributed by atoms with Gasteiger partial charge in [0.05, 0.1) is 5.56 Å². The van der Waals surface area contributed by atoms with Crippen molar-refractivity contribution in [2.45, 2.75) is 18.8 Å². The van der Waals surface area contributed by atoms with Gasteiger partial charge in [0.15, 0.2) is 0 Å². The number of halogens is 2. The number of pyridine rings is 1. The lowest BCUT2D eigenvalue weighted by molar-refractivity contribution is -0.116. The van der Waals surface area contributed by atoms with E-state index in [1.54, 1.807) is 23.2 Å². The maximum atomic E-state index is 14.8. The fourth-order valence-electron chi connectivity index (χ4n) is 5.69. The predicted octanol–water partition coefficient (Wildman–Crippen LogP) is 3.37. The molecule has 1 aromatic heterocycles. The average Bonchev–Trinajstić information content (AvgIpc) is 3.10. The molecule has 4 heterocycles. The zero-order valence-electron chi connectivity index (χ0n) is 19.6. The first kappa shape index (κ1) is 22.6. The summed E-state index contributed by atoms with van der Waals surface area (Å²) in [7, 11) is 0. The number of carbonyl (C=O) groups excluding carboxylic acids is 2. The Kier molecular flexibility index (Phi) is 5.62. The van der Waals surface area contributed by atoms with Crippen LogP contribution in [0.25, 0.3) is 0 Å². The Morgan fingerprint density at radius 1 is 1.06 bits per heavy atom. The minimum absolute atomic E-state index is 0.0504. The van der Waals surface area contributed by atoms with Gasteiger partial charge >= 0.3 is 0 Å². The maximum Gasteiger partial charge on any atom is 0.256 e. The average molecular weight is 490 g/mol. The summed E-state index contributed by atoms with van der Waals surface area (Å²) in [5.41, 5.74) is 2.59. The monoisotopic (exact) mass is 489 g/mol. The van der Waals surface area contributed by atoms with Crippen LogP contribution in [-0.2, 0) is 4.79 Å². The molecule has 2 amide bonds. The second kappa shape index (κ2) is 8.96. The van der Waals surface area contributed by atoms with Crippen LogP contribution in [0.3, 0.4) is 0 Å². The lowest BCUT2D eigenvalue weighted by Crippen LogP contribution is -2.49. The fraction of sp³-hybridized carbons (Fsp3) is 0.333. The van der Waals surface area contributed by atoms with Gasteiger partial charge in [-0.2, -0.15) is 4.39 Å². The van der Waals surface area contributed by atoms with Crippen molar-refractivity contribution in [2.75, 3.05) is 37.6 Å². The Labute approximate surface area is 207 Å². The van der Waals surface area contributed by atoms with Crippen LogP contribution in [-0.4, -0.2) is 60.4 Å². The molecule has 1 fully saturated rings. The van der Waals surface area contributed by atoms with Gasteiger partial charge in [-0.1, -0.05) is 12.1 Å². The second-order valence-corrected chi connectivity index (χ2v) is 9.61. The van der Waals surface area contributed by atoms with Crippen molar-refractivity contribution in [2.24, 2.45) is 10.9 Å². The zero-order chi connectivity index (χ0) is 24.8. The van der Waals surface area contributed by atoms with Gasteiger partial charge in [0.2, 0.25) is 11.9 Å². The van der Waals surface area contributed by atoms with E-state index in [9.17, 15) is 18.4 Å². The number of benzene rings is 1. The summed E-state index contributed by atoms with van der Waals surface area (Å²) < 4.78 is 29.3. The molecule has 1 aromatic carbocycles. The topological polar surface area (TPSA) is 77.9 Å². The molecule has 1 saturated heterocycles. The van der Waals surface area contributed by atoms with Crippen LogP contribution >= 0.6 is 0 Å². The van der Waals surface area contributed by atoms with E-state index < -0.39 is 11.8 Å². The lowest BCUT2D eigenvalue weighted by atomic mass is 9.75. The molecule has 1 N–H and O–H groups in total. The first-order chi connectivity index (χ1) is 17.5. The number of carbonyl (C=O) groups is 2. The van der Waals surface area contributed by atoms with E-state index in [0.717, 1.165) is 17.0 Å². The largest absolute Gasteiger partial charge is 0.353 e. The van der Waals surface area contributed by atoms with E-state index in [-0.39, 0.29) is 34.8 Å². The van der Waals surface area contributed by atoms with Crippen molar-refractivity contribution < 1.29 is 18.4 Å². The number of allylic oxidation sites excluding steroid dienone is 2. The van der Waals surface area contributed by atoms with E-state index in [2.05, 4.69) is 20.2 Å². The lowest BCUT2D eigenvalue weighted by Gasteiger charge is -2.35. The molecule has 7 nitrogen and oxygen atoms in total. The summed E-state index contributed by atoms with van der Waals surface area (Å²) in [6.45, 7) is 2.59. The summed E-state index contributed by atoms with van der Waals surface area (Å²) in [6, 6.07) is 10.4. The highest BCUT2D eigenvalue weighted by Crippen LogP contribution is 2.46. The van der Waals surface area contributed by atoms with E-state index in [1.165, 1.54) is 12.1 Å². The van der Waals surface area contributed by atoms with Gasteiger partial charge in [0.25, 0.3) is 5.91 Å². The van der Waals surface area contributed by atoms with E-state index in [4.69, 9.17) is 0 Å². The molecule has 36 heavy (non-hydrogen) atoms. The quantitative estimate of drug-likeness (QED) is 0.717. The SMILES string of the molecule is O=C1C=C2C(F)=NC3=C2C(CN1)CC(c1ccc(F)c(C(=O)N2CCN(c4ccccn4)CC2)c1)C3. The van der Waals surface area contributed by atoms with E-state index in [0.29, 0.717) is 51.3 Å². The van der Waals surface area contributed by atoms with Gasteiger partial charge in [-0.05, 0) is 54.2 Å². The Hall–Kier alpha value is -3.88. The van der Waals surface area contributed by atoms with Crippen molar-refractivity contribution in [1.82, 2.24) is 15.2 Å². The first-order valence-electron chi connectivity index (χ1n) is 12.2. The van der Waals surface area contributed by atoms with Crippen molar-refractivity contribution in [3.05, 3.63) is 82.5 Å². The molecule has 1 aliphatic carbocycles. The van der Waals surface area contributed by atoms with Crippen LogP contribution in [0, 0.1) is 11.7 Å². The number of amides is 2. The smallest absolute Gasteiger partial charge is 0.256 e. The molecular weight excluding hydrogens is 464 g/mol. The van der Waals surface area contributed by atoms with E-state index in [1.807, 2.05) is 18.2 Å². The molecule has 2 atom stereocenters. The Bertz CT molecular complexity index is 1330. The number of nitrogens with one attached hydrogen (secondary N) is 1. The molecule has 2 aromatic rings. The predicted molar refractivity (Wildman–Crippen MR) is 131 cm³/mol. The normalized spacial score (nSPS) is 23.6. The molecule has 3 aliphatic heterocycles. The number of aliphatic imine (C=N–C) groups is 1. The van der Waals surface area contributed by atoms with Crippen molar-refractivity contribution in [3.8, 4) is 0 Å². The molecule has 0 bridgehead atoms. The number of rotatable bonds is 3. The second-order valence-electron chi connectivity index (χ2n) is 9.61. The summed E-state index contributed by atoms with van der Waals surface area (Å²) in [5, 5.41) is 2.82. The first-order valence-corrected chi connectivity index (χ1v) is 12.2. The number of hydrogen-bond acceptors (Lipinski definition) is 5. The molecule has 4 aliphatic rings. The van der Waals surface area contributed by atoms with Crippen LogP contribution in [0.2, 0.25) is 0 Å². The number of piperazine rings is 1. The molecule has 0 radical (unpaired) electrons. The van der Waals surface area contributed by atoms with Crippen LogP contribution in [0.4, 0.5) is 14.6 Å². The third kappa shape index (κ3) is 3.98. The highest BCUT2D eigenvalue weighted by Gasteiger charge is 2.39. The highest BCUT2D eigenvalue weighted by atomic mass is 19.1. The van der Waals surface area contributed by atoms with Gasteiger partial charge in [-0.25, -0.2) is 14.4 Å².